The molecule has 3 aromatic heterocycles. The van der Waals surface area contributed by atoms with E-state index in [2.05, 4.69) is 25.0 Å². The van der Waals surface area contributed by atoms with Crippen molar-refractivity contribution in [1.29, 1.82) is 0 Å². The van der Waals surface area contributed by atoms with Crippen LogP contribution in [0.4, 0.5) is 30.7 Å². The summed E-state index contributed by atoms with van der Waals surface area (Å²) in [5.41, 5.74) is -0.406. The van der Waals surface area contributed by atoms with Gasteiger partial charge >= 0.3 is 12.4 Å². The number of pyridine rings is 1. The summed E-state index contributed by atoms with van der Waals surface area (Å²) in [4.78, 5) is 3.45. The molecule has 0 unspecified atom stereocenters. The molecule has 0 N–H and O–H groups in total. The Morgan fingerprint density at radius 3 is 2.37 bits per heavy atom. The van der Waals surface area contributed by atoms with Crippen LogP contribution in [0.3, 0.4) is 0 Å². The Kier molecular flexibility index (Phi) is 4.40. The van der Waals surface area contributed by atoms with Crippen LogP contribution < -0.4 is 4.74 Å². The molecule has 0 aliphatic rings. The van der Waals surface area contributed by atoms with Crippen LogP contribution in [-0.4, -0.2) is 37.1 Å². The summed E-state index contributed by atoms with van der Waals surface area (Å²) >= 11 is 0. The second kappa shape index (κ2) is 6.32. The molecule has 1 atom stereocenters. The Hall–Kier alpha value is -2.99. The van der Waals surface area contributed by atoms with Crippen LogP contribution in [-0.2, 0) is 6.18 Å². The Morgan fingerprint density at radius 1 is 1.07 bits per heavy atom. The van der Waals surface area contributed by atoms with Crippen LogP contribution in [0, 0.1) is 5.82 Å². The fraction of sp³-hybridized carbons (Fsp3) is 0.286. The molecular weight excluding hydrogens is 387 g/mol. The Morgan fingerprint density at radius 2 is 1.78 bits per heavy atom. The molecule has 6 nitrogen and oxygen atoms in total. The van der Waals surface area contributed by atoms with Gasteiger partial charge in [-0.25, -0.2) is 9.37 Å². The highest BCUT2D eigenvalue weighted by molar-refractivity contribution is 5.59. The van der Waals surface area contributed by atoms with Gasteiger partial charge in [-0.3, -0.25) is 0 Å². The molecule has 0 spiro atoms. The summed E-state index contributed by atoms with van der Waals surface area (Å²) in [5, 5.41) is 10.0. The van der Waals surface area contributed by atoms with Gasteiger partial charge in [0.1, 0.15) is 0 Å². The maximum atomic E-state index is 14.0. The van der Waals surface area contributed by atoms with E-state index in [1.54, 1.807) is 0 Å². The van der Waals surface area contributed by atoms with Gasteiger partial charge in [0.2, 0.25) is 0 Å². The van der Waals surface area contributed by atoms with Gasteiger partial charge in [0.15, 0.2) is 17.6 Å². The zero-order valence-electron chi connectivity index (χ0n) is 13.2. The summed E-state index contributed by atoms with van der Waals surface area (Å²) < 4.78 is 94.9. The van der Waals surface area contributed by atoms with Gasteiger partial charge in [-0.2, -0.15) is 36.0 Å². The van der Waals surface area contributed by atoms with Crippen molar-refractivity contribution in [2.75, 3.05) is 0 Å². The third-order valence-electron chi connectivity index (χ3n) is 3.37. The molecule has 0 aliphatic heterocycles. The molecule has 13 heteroatoms. The second-order valence-electron chi connectivity index (χ2n) is 5.32. The molecule has 0 fully saturated rings. The number of alkyl halides is 6. The van der Waals surface area contributed by atoms with Crippen molar-refractivity contribution in [3.05, 3.63) is 36.0 Å². The minimum atomic E-state index is -4.82. The molecule has 0 amide bonds. The highest BCUT2D eigenvalue weighted by Crippen LogP contribution is 2.29. The van der Waals surface area contributed by atoms with Gasteiger partial charge in [-0.15, -0.1) is 10.2 Å². The molecule has 3 aromatic rings. The summed E-state index contributed by atoms with van der Waals surface area (Å²) in [6.07, 6.45) is -10.9. The maximum Gasteiger partial charge on any atom is 0.453 e. The van der Waals surface area contributed by atoms with Crippen LogP contribution in [0.15, 0.2) is 24.4 Å². The molecule has 0 bridgehead atoms. The first-order valence-electron chi connectivity index (χ1n) is 7.16. The Balaban J connectivity index is 1.96. The largest absolute Gasteiger partial charge is 0.463 e. The molecular formula is C14H8F7N5O. The molecule has 0 saturated heterocycles. The van der Waals surface area contributed by atoms with E-state index in [4.69, 9.17) is 0 Å². The fourth-order valence-corrected chi connectivity index (χ4v) is 2.01. The molecule has 144 valence electrons. The third-order valence-corrected chi connectivity index (χ3v) is 3.37. The van der Waals surface area contributed by atoms with Gasteiger partial charge in [0.05, 0.1) is 5.69 Å². The van der Waals surface area contributed by atoms with Crippen molar-refractivity contribution >= 4 is 5.65 Å². The van der Waals surface area contributed by atoms with Crippen LogP contribution in [0.1, 0.15) is 12.7 Å². The van der Waals surface area contributed by atoms with Crippen molar-refractivity contribution in [2.24, 2.45) is 0 Å². The zero-order valence-corrected chi connectivity index (χ0v) is 13.2. The van der Waals surface area contributed by atoms with E-state index in [0.717, 1.165) is 12.3 Å². The molecule has 0 aliphatic carbocycles. The van der Waals surface area contributed by atoms with E-state index in [1.807, 2.05) is 0 Å². The number of fused-ring (bicyclic) bond motifs is 1. The average Bonchev–Trinajstić information content (AvgIpc) is 2.99. The fourth-order valence-electron chi connectivity index (χ4n) is 2.01. The summed E-state index contributed by atoms with van der Waals surface area (Å²) in [5.74, 6) is -3.51. The molecule has 3 heterocycles. The van der Waals surface area contributed by atoms with Crippen molar-refractivity contribution in [2.45, 2.75) is 25.4 Å². The summed E-state index contributed by atoms with van der Waals surface area (Å²) in [6.45, 7) is 0.676. The molecule has 0 aromatic carbocycles. The van der Waals surface area contributed by atoms with Crippen molar-refractivity contribution < 1.29 is 35.5 Å². The number of nitrogens with zero attached hydrogens (tertiary/aromatic N) is 5. The van der Waals surface area contributed by atoms with E-state index in [-0.39, 0.29) is 16.9 Å². The highest BCUT2D eigenvalue weighted by atomic mass is 19.4. The predicted molar refractivity (Wildman–Crippen MR) is 75.1 cm³/mol. The van der Waals surface area contributed by atoms with Crippen molar-refractivity contribution in [1.82, 2.24) is 24.8 Å². The number of halogens is 7. The van der Waals surface area contributed by atoms with E-state index in [0.29, 0.717) is 11.4 Å². The number of aromatic nitrogens is 5. The number of ether oxygens (including phenoxy) is 1. The maximum absolute atomic E-state index is 14.0. The number of hydrogen-bond acceptors (Lipinski definition) is 5. The Labute approximate surface area is 145 Å². The third kappa shape index (κ3) is 3.75. The lowest BCUT2D eigenvalue weighted by Crippen LogP contribution is -2.31. The lowest BCUT2D eigenvalue weighted by molar-refractivity contribution is -0.190. The number of rotatable bonds is 3. The van der Waals surface area contributed by atoms with Gasteiger partial charge in [-0.05, 0) is 25.1 Å². The predicted octanol–water partition coefficient (Wildman–Crippen LogP) is 3.67. The summed E-state index contributed by atoms with van der Waals surface area (Å²) in [7, 11) is 0. The van der Waals surface area contributed by atoms with Crippen molar-refractivity contribution in [3.63, 3.8) is 0 Å². The quantitative estimate of drug-likeness (QED) is 0.634. The Bertz CT molecular complexity index is 982. The van der Waals surface area contributed by atoms with Crippen LogP contribution in [0.25, 0.3) is 16.9 Å². The zero-order chi connectivity index (χ0) is 20.0. The lowest BCUT2D eigenvalue weighted by atomic mass is 10.2. The summed E-state index contributed by atoms with van der Waals surface area (Å²) in [6, 6.07) is 3.15. The molecule has 0 saturated carbocycles. The first-order chi connectivity index (χ1) is 12.5. The van der Waals surface area contributed by atoms with E-state index < -0.39 is 36.0 Å². The SMILES string of the molecule is C[C@H](Oc1ncc(-c2ccc3nnc(C(F)(F)F)n3n2)cc1F)C(F)(F)F. The molecule has 0 radical (unpaired) electrons. The van der Waals surface area contributed by atoms with Gasteiger partial charge in [-0.1, -0.05) is 0 Å². The van der Waals surface area contributed by atoms with Gasteiger partial charge < -0.3 is 4.74 Å². The molecule has 27 heavy (non-hydrogen) atoms. The van der Waals surface area contributed by atoms with E-state index in [9.17, 15) is 30.7 Å². The minimum Gasteiger partial charge on any atom is -0.463 e. The molecule has 3 rings (SSSR count). The van der Waals surface area contributed by atoms with Gasteiger partial charge in [0.25, 0.3) is 11.7 Å². The monoisotopic (exact) mass is 395 g/mol. The second-order valence-corrected chi connectivity index (χ2v) is 5.32. The van der Waals surface area contributed by atoms with Crippen LogP contribution >= 0.6 is 0 Å². The first kappa shape index (κ1) is 18.8. The topological polar surface area (TPSA) is 65.2 Å². The van der Waals surface area contributed by atoms with Crippen LogP contribution in [0.2, 0.25) is 0 Å². The average molecular weight is 395 g/mol. The normalized spacial score (nSPS) is 13.8. The van der Waals surface area contributed by atoms with E-state index in [1.165, 1.54) is 12.1 Å². The first-order valence-corrected chi connectivity index (χ1v) is 7.16. The smallest absolute Gasteiger partial charge is 0.453 e. The van der Waals surface area contributed by atoms with Crippen LogP contribution in [0.5, 0.6) is 5.88 Å². The van der Waals surface area contributed by atoms with Crippen molar-refractivity contribution in [3.8, 4) is 17.1 Å². The minimum absolute atomic E-state index is 0.0803. The van der Waals surface area contributed by atoms with Gasteiger partial charge in [0, 0.05) is 11.8 Å². The lowest BCUT2D eigenvalue weighted by Gasteiger charge is -2.17. The van der Waals surface area contributed by atoms with E-state index >= 15 is 0 Å². The standard InChI is InChI=1S/C14H8F7N5O/c1-6(13(16,17)18)27-11-8(15)4-7(5-22-11)9-2-3-10-23-24-12(14(19,20)21)26(10)25-9/h2-6H,1H3/t6-/m0/s1. The highest BCUT2D eigenvalue weighted by Gasteiger charge is 2.39. The number of hydrogen-bond donors (Lipinski definition) is 0.